The topological polar surface area (TPSA) is 49.6 Å². The van der Waals surface area contributed by atoms with Gasteiger partial charge in [-0.15, -0.1) is 11.3 Å². The van der Waals surface area contributed by atoms with E-state index in [0.717, 1.165) is 35.0 Å². The molecule has 0 saturated heterocycles. The second-order valence-corrected chi connectivity index (χ2v) is 7.38. The first-order valence-corrected chi connectivity index (χ1v) is 8.98. The van der Waals surface area contributed by atoms with E-state index in [1.807, 2.05) is 30.0 Å². The Labute approximate surface area is 144 Å². The van der Waals surface area contributed by atoms with E-state index in [2.05, 4.69) is 33.9 Å². The number of carbonyl (C=O) groups excluding carboxylic acids is 1. The molecule has 0 aliphatic carbocycles. The number of nitrogens with zero attached hydrogens (tertiary/aromatic N) is 3. The number of hydrogen-bond acceptors (Lipinski definition) is 4. The van der Waals surface area contributed by atoms with Gasteiger partial charge in [0.2, 0.25) is 5.91 Å². The molecular formula is C18H20N4OS. The van der Waals surface area contributed by atoms with Crippen LogP contribution in [0.5, 0.6) is 0 Å². The van der Waals surface area contributed by atoms with Crippen LogP contribution in [-0.2, 0) is 17.8 Å². The summed E-state index contributed by atoms with van der Waals surface area (Å²) in [6, 6.07) is 8.14. The van der Waals surface area contributed by atoms with Crippen molar-refractivity contribution in [1.82, 2.24) is 14.7 Å². The molecule has 1 aromatic carbocycles. The van der Waals surface area contributed by atoms with Crippen LogP contribution in [0.2, 0.25) is 0 Å². The van der Waals surface area contributed by atoms with Crippen molar-refractivity contribution >= 4 is 27.9 Å². The van der Waals surface area contributed by atoms with Crippen LogP contribution in [0, 0.1) is 13.8 Å². The standard InChI is InChI=1S/C18H20N4OS/c1-12-11-22-16(13(2)20-18(22)24-12)9-19-10-17(23)21-8-7-14-5-3-4-6-15(14)21/h3-6,11,19H,7-10H2,1-2H3. The molecule has 0 bridgehead atoms. The molecule has 0 radical (unpaired) electrons. The zero-order valence-electron chi connectivity index (χ0n) is 13.9. The van der Waals surface area contributed by atoms with Gasteiger partial charge in [0.1, 0.15) is 0 Å². The summed E-state index contributed by atoms with van der Waals surface area (Å²) in [7, 11) is 0. The third-order valence-electron chi connectivity index (χ3n) is 4.50. The summed E-state index contributed by atoms with van der Waals surface area (Å²) >= 11 is 1.69. The first-order valence-electron chi connectivity index (χ1n) is 8.16. The molecule has 0 spiro atoms. The van der Waals surface area contributed by atoms with Gasteiger partial charge in [-0.1, -0.05) is 18.2 Å². The molecule has 2 aromatic heterocycles. The van der Waals surface area contributed by atoms with Crippen molar-refractivity contribution in [3.63, 3.8) is 0 Å². The maximum atomic E-state index is 12.5. The highest BCUT2D eigenvalue weighted by Gasteiger charge is 2.23. The van der Waals surface area contributed by atoms with Crippen LogP contribution < -0.4 is 10.2 Å². The fraction of sp³-hybridized carbons (Fsp3) is 0.333. The van der Waals surface area contributed by atoms with Crippen molar-refractivity contribution in [2.24, 2.45) is 0 Å². The van der Waals surface area contributed by atoms with Gasteiger partial charge in [-0.05, 0) is 31.9 Å². The van der Waals surface area contributed by atoms with E-state index in [9.17, 15) is 4.79 Å². The van der Waals surface area contributed by atoms with Gasteiger partial charge >= 0.3 is 0 Å². The molecule has 3 aromatic rings. The van der Waals surface area contributed by atoms with E-state index in [1.165, 1.54) is 10.4 Å². The molecule has 1 amide bonds. The van der Waals surface area contributed by atoms with Crippen molar-refractivity contribution in [3.8, 4) is 0 Å². The van der Waals surface area contributed by atoms with Crippen LogP contribution in [0.15, 0.2) is 30.5 Å². The lowest BCUT2D eigenvalue weighted by Gasteiger charge is -2.17. The molecule has 24 heavy (non-hydrogen) atoms. The van der Waals surface area contributed by atoms with Gasteiger partial charge in [0.25, 0.3) is 0 Å². The van der Waals surface area contributed by atoms with E-state index in [0.29, 0.717) is 13.1 Å². The average molecular weight is 340 g/mol. The molecular weight excluding hydrogens is 320 g/mol. The van der Waals surface area contributed by atoms with Gasteiger partial charge in [-0.3, -0.25) is 9.20 Å². The van der Waals surface area contributed by atoms with E-state index in [-0.39, 0.29) is 5.91 Å². The number of thiazole rings is 1. The van der Waals surface area contributed by atoms with Gasteiger partial charge in [-0.2, -0.15) is 0 Å². The Morgan fingerprint density at radius 2 is 2.17 bits per heavy atom. The van der Waals surface area contributed by atoms with Gasteiger partial charge in [0, 0.05) is 29.9 Å². The summed E-state index contributed by atoms with van der Waals surface area (Å²) in [6.07, 6.45) is 3.05. The van der Waals surface area contributed by atoms with Crippen molar-refractivity contribution < 1.29 is 4.79 Å². The van der Waals surface area contributed by atoms with Crippen LogP contribution >= 0.6 is 11.3 Å². The summed E-state index contributed by atoms with van der Waals surface area (Å²) in [5, 5.41) is 3.29. The van der Waals surface area contributed by atoms with Crippen LogP contribution in [-0.4, -0.2) is 28.4 Å². The number of aromatic nitrogens is 2. The van der Waals surface area contributed by atoms with Crippen molar-refractivity contribution in [2.75, 3.05) is 18.0 Å². The highest BCUT2D eigenvalue weighted by atomic mass is 32.1. The van der Waals surface area contributed by atoms with E-state index in [4.69, 9.17) is 0 Å². The molecule has 0 saturated carbocycles. The fourth-order valence-corrected chi connectivity index (χ4v) is 4.19. The Morgan fingerprint density at radius 3 is 3.04 bits per heavy atom. The summed E-state index contributed by atoms with van der Waals surface area (Å²) in [4.78, 5) is 21.3. The third kappa shape index (κ3) is 2.61. The molecule has 124 valence electrons. The molecule has 1 N–H and O–H groups in total. The molecule has 4 rings (SSSR count). The molecule has 0 atom stereocenters. The number of carbonyl (C=O) groups is 1. The van der Waals surface area contributed by atoms with Crippen molar-refractivity contribution in [1.29, 1.82) is 0 Å². The van der Waals surface area contributed by atoms with Gasteiger partial charge < -0.3 is 10.2 Å². The number of imidazole rings is 1. The Kier molecular flexibility index (Phi) is 3.86. The van der Waals surface area contributed by atoms with Gasteiger partial charge in [0.15, 0.2) is 4.96 Å². The largest absolute Gasteiger partial charge is 0.311 e. The molecule has 0 fully saturated rings. The highest BCUT2D eigenvalue weighted by molar-refractivity contribution is 7.17. The minimum absolute atomic E-state index is 0.125. The van der Waals surface area contributed by atoms with E-state index < -0.39 is 0 Å². The Morgan fingerprint density at radius 1 is 1.33 bits per heavy atom. The highest BCUT2D eigenvalue weighted by Crippen LogP contribution is 2.27. The summed E-state index contributed by atoms with van der Waals surface area (Å²) < 4.78 is 2.12. The maximum Gasteiger partial charge on any atom is 0.240 e. The number of hydrogen-bond donors (Lipinski definition) is 1. The lowest BCUT2D eigenvalue weighted by atomic mass is 10.2. The van der Waals surface area contributed by atoms with Gasteiger partial charge in [-0.25, -0.2) is 4.98 Å². The average Bonchev–Trinajstić information content (AvgIpc) is 3.21. The number of nitrogens with one attached hydrogen (secondary N) is 1. The zero-order chi connectivity index (χ0) is 16.7. The van der Waals surface area contributed by atoms with Crippen molar-refractivity contribution in [2.45, 2.75) is 26.8 Å². The minimum atomic E-state index is 0.125. The first-order chi connectivity index (χ1) is 11.6. The van der Waals surface area contributed by atoms with E-state index in [1.54, 1.807) is 11.3 Å². The normalized spacial score (nSPS) is 13.7. The van der Waals surface area contributed by atoms with Crippen molar-refractivity contribution in [3.05, 3.63) is 52.3 Å². The maximum absolute atomic E-state index is 12.5. The summed E-state index contributed by atoms with van der Waals surface area (Å²) in [5.41, 5.74) is 4.46. The SMILES string of the molecule is Cc1cn2c(CNCC(=O)N3CCc4ccccc43)c(C)nc2s1. The van der Waals surface area contributed by atoms with Crippen LogP contribution in [0.4, 0.5) is 5.69 Å². The number of benzene rings is 1. The number of para-hydroxylation sites is 1. The smallest absolute Gasteiger partial charge is 0.240 e. The number of anilines is 1. The fourth-order valence-electron chi connectivity index (χ4n) is 3.30. The molecule has 5 nitrogen and oxygen atoms in total. The molecule has 1 aliphatic heterocycles. The van der Waals surface area contributed by atoms with Crippen LogP contribution in [0.25, 0.3) is 4.96 Å². The number of rotatable bonds is 4. The first kappa shape index (κ1) is 15.4. The van der Waals surface area contributed by atoms with E-state index >= 15 is 0 Å². The molecule has 6 heteroatoms. The number of amides is 1. The van der Waals surface area contributed by atoms with Crippen LogP contribution in [0.3, 0.4) is 0 Å². The second kappa shape index (κ2) is 6.03. The Bertz CT molecular complexity index is 911. The lowest BCUT2D eigenvalue weighted by Crippen LogP contribution is -2.37. The minimum Gasteiger partial charge on any atom is -0.311 e. The predicted octanol–water partition coefficient (Wildman–Crippen LogP) is 2.69. The number of fused-ring (bicyclic) bond motifs is 2. The Hall–Kier alpha value is -2.18. The Balaban J connectivity index is 1.42. The summed E-state index contributed by atoms with van der Waals surface area (Å²) in [5.74, 6) is 0.125. The van der Waals surface area contributed by atoms with Crippen LogP contribution in [0.1, 0.15) is 21.8 Å². The third-order valence-corrected chi connectivity index (χ3v) is 5.40. The zero-order valence-corrected chi connectivity index (χ0v) is 14.7. The number of aryl methyl sites for hydroxylation is 2. The molecule has 1 aliphatic rings. The molecule has 0 unspecified atom stereocenters. The second-order valence-electron chi connectivity index (χ2n) is 6.17. The molecule has 3 heterocycles. The quantitative estimate of drug-likeness (QED) is 0.794. The predicted molar refractivity (Wildman–Crippen MR) is 96.7 cm³/mol. The summed E-state index contributed by atoms with van der Waals surface area (Å²) in [6.45, 7) is 5.86. The lowest BCUT2D eigenvalue weighted by molar-refractivity contribution is -0.117. The van der Waals surface area contributed by atoms with Gasteiger partial charge in [0.05, 0.1) is 17.9 Å². The monoisotopic (exact) mass is 340 g/mol.